The Morgan fingerprint density at radius 2 is 2.18 bits per heavy atom. The highest BCUT2D eigenvalue weighted by atomic mass is 16.5. The number of hydrogen-bond donors (Lipinski definition) is 1. The van der Waals surface area contributed by atoms with Crippen LogP contribution in [0.2, 0.25) is 0 Å². The predicted molar refractivity (Wildman–Crippen MR) is 61.8 cm³/mol. The Bertz CT molecular complexity index is 438. The molecule has 88 valence electrons. The predicted octanol–water partition coefficient (Wildman–Crippen LogP) is 1.40. The summed E-state index contributed by atoms with van der Waals surface area (Å²) in [4.78, 5) is 11.5. The molecule has 1 heterocycles. The Labute approximate surface area is 100 Å². The fourth-order valence-corrected chi connectivity index (χ4v) is 2.21. The number of methoxy groups -OCH3 is 1. The summed E-state index contributed by atoms with van der Waals surface area (Å²) < 4.78 is 4.70. The lowest BCUT2D eigenvalue weighted by Gasteiger charge is -2.14. The minimum atomic E-state index is -0.380. The lowest BCUT2D eigenvalue weighted by molar-refractivity contribution is -0.142. The zero-order valence-corrected chi connectivity index (χ0v) is 9.59. The molecule has 0 radical (unpaired) electrons. The van der Waals surface area contributed by atoms with Gasteiger partial charge in [0.15, 0.2) is 0 Å². The van der Waals surface area contributed by atoms with Crippen LogP contribution in [-0.4, -0.2) is 19.1 Å². The maximum Gasteiger partial charge on any atom is 0.322 e. The van der Waals surface area contributed by atoms with Crippen molar-refractivity contribution >= 4 is 5.97 Å². The van der Waals surface area contributed by atoms with Gasteiger partial charge in [-0.2, -0.15) is 5.26 Å². The quantitative estimate of drug-likeness (QED) is 0.780. The van der Waals surface area contributed by atoms with E-state index >= 15 is 0 Å². The Kier molecular flexibility index (Phi) is 3.40. The monoisotopic (exact) mass is 230 g/mol. The molecule has 4 nitrogen and oxygen atoms in total. The molecule has 0 aromatic heterocycles. The Morgan fingerprint density at radius 3 is 2.76 bits per heavy atom. The Balaban J connectivity index is 2.19. The molecular formula is C13H14N2O2. The summed E-state index contributed by atoms with van der Waals surface area (Å²) in [6.45, 7) is 0. The molecule has 1 saturated heterocycles. The number of carbonyl (C=O) groups is 1. The number of carbonyl (C=O) groups excluding carboxylic acids is 1. The molecule has 1 N–H and O–H groups in total. The fourth-order valence-electron chi connectivity index (χ4n) is 2.21. The van der Waals surface area contributed by atoms with Gasteiger partial charge in [0.05, 0.1) is 19.1 Å². The van der Waals surface area contributed by atoms with Crippen molar-refractivity contribution < 1.29 is 9.53 Å². The van der Waals surface area contributed by atoms with Crippen molar-refractivity contribution in [3.8, 4) is 6.07 Å². The fraction of sp³-hybridized carbons (Fsp3) is 0.385. The van der Waals surface area contributed by atoms with Gasteiger partial charge in [0, 0.05) is 6.04 Å². The molecule has 0 amide bonds. The molecule has 1 aromatic carbocycles. The lowest BCUT2D eigenvalue weighted by atomic mass is 9.95. The number of ether oxygens (including phenoxy) is 1. The molecule has 1 fully saturated rings. The molecule has 17 heavy (non-hydrogen) atoms. The number of rotatable bonds is 2. The number of benzene rings is 1. The van der Waals surface area contributed by atoms with Gasteiger partial charge in [-0.25, -0.2) is 0 Å². The van der Waals surface area contributed by atoms with Crippen molar-refractivity contribution in [3.05, 3.63) is 35.9 Å². The second-order valence-corrected chi connectivity index (χ2v) is 4.10. The number of nitrogens with zero attached hydrogens (tertiary/aromatic N) is 1. The van der Waals surface area contributed by atoms with E-state index in [0.717, 1.165) is 5.56 Å². The van der Waals surface area contributed by atoms with Crippen LogP contribution >= 0.6 is 0 Å². The molecule has 0 spiro atoms. The van der Waals surface area contributed by atoms with Crippen molar-refractivity contribution in [2.24, 2.45) is 5.92 Å². The smallest absolute Gasteiger partial charge is 0.322 e. The molecule has 1 aliphatic rings. The van der Waals surface area contributed by atoms with Crippen molar-refractivity contribution in [2.75, 3.05) is 7.11 Å². The molecule has 0 unspecified atom stereocenters. The maximum atomic E-state index is 11.5. The highest BCUT2D eigenvalue weighted by Gasteiger charge is 2.38. The van der Waals surface area contributed by atoms with Crippen LogP contribution in [0.3, 0.4) is 0 Å². The van der Waals surface area contributed by atoms with Crippen LogP contribution in [0.25, 0.3) is 0 Å². The molecule has 1 aliphatic heterocycles. The second kappa shape index (κ2) is 4.98. The first-order chi connectivity index (χ1) is 8.26. The van der Waals surface area contributed by atoms with E-state index in [-0.39, 0.29) is 24.0 Å². The Morgan fingerprint density at radius 1 is 1.47 bits per heavy atom. The number of hydrogen-bond acceptors (Lipinski definition) is 4. The summed E-state index contributed by atoms with van der Waals surface area (Å²) in [6.07, 6.45) is 0.503. The second-order valence-electron chi connectivity index (χ2n) is 4.10. The number of nitrogens with one attached hydrogen (secondary N) is 1. The molecule has 0 aliphatic carbocycles. The van der Waals surface area contributed by atoms with Crippen LogP contribution in [0.1, 0.15) is 18.0 Å². The molecule has 1 aromatic rings. The molecular weight excluding hydrogens is 216 g/mol. The first-order valence-electron chi connectivity index (χ1n) is 5.54. The van der Waals surface area contributed by atoms with Crippen LogP contribution in [-0.2, 0) is 9.53 Å². The average Bonchev–Trinajstić information content (AvgIpc) is 2.83. The van der Waals surface area contributed by atoms with Gasteiger partial charge >= 0.3 is 5.97 Å². The van der Waals surface area contributed by atoms with E-state index < -0.39 is 0 Å². The van der Waals surface area contributed by atoms with E-state index in [0.29, 0.717) is 6.42 Å². The molecule has 0 bridgehead atoms. The van der Waals surface area contributed by atoms with Crippen molar-refractivity contribution in [2.45, 2.75) is 18.5 Å². The minimum absolute atomic E-state index is 0.0923. The van der Waals surface area contributed by atoms with E-state index in [4.69, 9.17) is 10.00 Å². The summed E-state index contributed by atoms with van der Waals surface area (Å²) >= 11 is 0. The van der Waals surface area contributed by atoms with Gasteiger partial charge in [0.25, 0.3) is 0 Å². The normalized spacial score (nSPS) is 27.4. The summed E-state index contributed by atoms with van der Waals surface area (Å²) in [7, 11) is 1.36. The maximum absolute atomic E-state index is 11.5. The van der Waals surface area contributed by atoms with E-state index in [1.165, 1.54) is 7.11 Å². The van der Waals surface area contributed by atoms with Crippen molar-refractivity contribution in [1.82, 2.24) is 5.32 Å². The first kappa shape index (κ1) is 11.6. The van der Waals surface area contributed by atoms with E-state index in [2.05, 4.69) is 11.4 Å². The summed E-state index contributed by atoms with van der Waals surface area (Å²) in [6, 6.07) is 11.5. The minimum Gasteiger partial charge on any atom is -0.468 e. The van der Waals surface area contributed by atoms with Gasteiger partial charge in [-0.15, -0.1) is 0 Å². The third kappa shape index (κ3) is 2.29. The van der Waals surface area contributed by atoms with E-state index in [1.54, 1.807) is 0 Å². The summed E-state index contributed by atoms with van der Waals surface area (Å²) in [5.41, 5.74) is 1.03. The SMILES string of the molecule is COC(=O)[C@@H]1C[C@@H](C#N)[C@H](c2ccccc2)N1. The van der Waals surface area contributed by atoms with Gasteiger partial charge in [0.2, 0.25) is 0 Å². The molecule has 0 saturated carbocycles. The van der Waals surface area contributed by atoms with Crippen LogP contribution in [0, 0.1) is 17.2 Å². The van der Waals surface area contributed by atoms with E-state index in [1.807, 2.05) is 30.3 Å². The molecule has 2 rings (SSSR count). The summed E-state index contributed by atoms with van der Waals surface area (Å²) in [5, 5.41) is 12.3. The highest BCUT2D eigenvalue weighted by molar-refractivity contribution is 5.76. The van der Waals surface area contributed by atoms with Gasteiger partial charge < -0.3 is 4.74 Å². The van der Waals surface area contributed by atoms with E-state index in [9.17, 15) is 4.79 Å². The van der Waals surface area contributed by atoms with Crippen molar-refractivity contribution in [3.63, 3.8) is 0 Å². The van der Waals surface area contributed by atoms with Crippen LogP contribution < -0.4 is 5.32 Å². The van der Waals surface area contributed by atoms with Crippen LogP contribution in [0.5, 0.6) is 0 Å². The number of nitriles is 1. The van der Waals surface area contributed by atoms with Gasteiger partial charge in [0.1, 0.15) is 6.04 Å². The zero-order chi connectivity index (χ0) is 12.3. The Hall–Kier alpha value is -1.86. The van der Waals surface area contributed by atoms with Gasteiger partial charge in [-0.05, 0) is 12.0 Å². The third-order valence-electron chi connectivity index (χ3n) is 3.08. The molecule has 3 atom stereocenters. The largest absolute Gasteiger partial charge is 0.468 e. The first-order valence-corrected chi connectivity index (χ1v) is 5.54. The number of esters is 1. The topological polar surface area (TPSA) is 62.1 Å². The van der Waals surface area contributed by atoms with Crippen LogP contribution in [0.15, 0.2) is 30.3 Å². The molecule has 4 heteroatoms. The standard InChI is InChI=1S/C13H14N2O2/c1-17-13(16)11-7-10(8-14)12(15-11)9-5-3-2-4-6-9/h2-6,10-12,15H,7H2,1H3/t10-,11-,12-/m0/s1. The van der Waals surface area contributed by atoms with Crippen LogP contribution in [0.4, 0.5) is 0 Å². The summed E-state index contributed by atoms with van der Waals surface area (Å²) in [5.74, 6) is -0.495. The van der Waals surface area contributed by atoms with Gasteiger partial charge in [-0.1, -0.05) is 30.3 Å². The van der Waals surface area contributed by atoms with Crippen molar-refractivity contribution in [1.29, 1.82) is 5.26 Å². The third-order valence-corrected chi connectivity index (χ3v) is 3.08. The highest BCUT2D eigenvalue weighted by Crippen LogP contribution is 2.32. The zero-order valence-electron chi connectivity index (χ0n) is 9.59. The average molecular weight is 230 g/mol. The van der Waals surface area contributed by atoms with Gasteiger partial charge in [-0.3, -0.25) is 10.1 Å². The lowest BCUT2D eigenvalue weighted by Crippen LogP contribution is -2.33.